The van der Waals surface area contributed by atoms with Crippen LogP contribution in [0.15, 0.2) is 5.28 Å². The van der Waals surface area contributed by atoms with Crippen molar-refractivity contribution < 1.29 is 15.3 Å². The third-order valence-corrected chi connectivity index (χ3v) is 1.62. The molecule has 60 valence electrons. The summed E-state index contributed by atoms with van der Waals surface area (Å²) in [5.74, 6) is 0. The topological polar surface area (TPSA) is 82.1 Å². The minimum Gasteiger partial charge on any atom is -0.569 e. The van der Waals surface area contributed by atoms with E-state index < -0.39 is 0 Å². The maximum Gasteiger partial charge on any atom is 0.230 e. The first-order valence-electron chi connectivity index (χ1n) is 2.99. The maximum absolute atomic E-state index is 10.5. The molecule has 0 aromatic carbocycles. The summed E-state index contributed by atoms with van der Waals surface area (Å²) in [7, 11) is 0. The largest absolute Gasteiger partial charge is 0.569 e. The normalized spacial score (nSPS) is 23.9. The molecule has 1 aliphatic heterocycles. The van der Waals surface area contributed by atoms with Crippen LogP contribution < -0.4 is 0 Å². The number of hydrogen-bond donors (Lipinski definition) is 2. The van der Waals surface area contributed by atoms with Gasteiger partial charge in [-0.2, -0.15) is 0 Å². The SMILES string of the molecule is [NaH].[O-]/[N+](=N/O)N1CC[C@H]1CO. The van der Waals surface area contributed by atoms with E-state index in [-0.39, 0.29) is 47.2 Å². The Morgan fingerprint density at radius 1 is 1.73 bits per heavy atom. The number of nitrogens with zero attached hydrogens (tertiary/aromatic N) is 3. The minimum absolute atomic E-state index is 0. The van der Waals surface area contributed by atoms with E-state index in [9.17, 15) is 5.21 Å². The maximum atomic E-state index is 10.5. The molecule has 1 aliphatic rings. The van der Waals surface area contributed by atoms with Crippen LogP contribution in [-0.2, 0) is 0 Å². The van der Waals surface area contributed by atoms with Gasteiger partial charge >= 0.3 is 29.6 Å². The molecule has 0 aliphatic carbocycles. The summed E-state index contributed by atoms with van der Waals surface area (Å²) in [6.07, 6.45) is 0.769. The van der Waals surface area contributed by atoms with E-state index in [1.165, 1.54) is 5.01 Å². The Balaban J connectivity index is 0.000001000. The number of aliphatic hydroxyl groups excluding tert-OH is 1. The standard InChI is InChI=1S/C4H9N3O3.Na.H/c8-3-4-1-2-6(4)7(10)5-9;;/h4,8-9H,1-3H2;;/b7-5+;;/t4-;;/m0../s1. The molecule has 0 bridgehead atoms. The van der Waals surface area contributed by atoms with Gasteiger partial charge in [-0.25, -0.2) is 0 Å². The summed E-state index contributed by atoms with van der Waals surface area (Å²) in [6.45, 7) is 0.465. The Kier molecular flexibility index (Phi) is 4.74. The number of hydrogen-bond acceptors (Lipinski definition) is 3. The van der Waals surface area contributed by atoms with E-state index in [2.05, 4.69) is 5.28 Å². The van der Waals surface area contributed by atoms with Crippen LogP contribution >= 0.6 is 0 Å². The van der Waals surface area contributed by atoms with Gasteiger partial charge < -0.3 is 15.5 Å². The average Bonchev–Trinajstić information content (AvgIpc) is 1.86. The zero-order valence-electron chi connectivity index (χ0n) is 5.34. The molecule has 7 heteroatoms. The molecular weight excluding hydrogens is 161 g/mol. The molecular formula is C4H10N3NaO3. The Morgan fingerprint density at radius 3 is 2.64 bits per heavy atom. The third-order valence-electron chi connectivity index (χ3n) is 1.62. The van der Waals surface area contributed by atoms with Gasteiger partial charge in [0.1, 0.15) is 6.04 Å². The van der Waals surface area contributed by atoms with Crippen molar-refractivity contribution in [2.24, 2.45) is 5.28 Å². The molecule has 0 saturated carbocycles. The van der Waals surface area contributed by atoms with Crippen LogP contribution in [0.4, 0.5) is 0 Å². The van der Waals surface area contributed by atoms with Crippen LogP contribution in [0.25, 0.3) is 0 Å². The molecule has 11 heavy (non-hydrogen) atoms. The van der Waals surface area contributed by atoms with Crippen molar-refractivity contribution in [3.05, 3.63) is 5.21 Å². The summed E-state index contributed by atoms with van der Waals surface area (Å²) in [5, 5.41) is 30.7. The van der Waals surface area contributed by atoms with E-state index in [0.29, 0.717) is 6.54 Å². The quantitative estimate of drug-likeness (QED) is 0.233. The fourth-order valence-corrected chi connectivity index (χ4v) is 0.889. The molecule has 1 rings (SSSR count). The smallest absolute Gasteiger partial charge is 0.230 e. The summed E-state index contributed by atoms with van der Waals surface area (Å²) >= 11 is 0. The molecule has 1 atom stereocenters. The van der Waals surface area contributed by atoms with Crippen LogP contribution in [0.3, 0.4) is 0 Å². The van der Waals surface area contributed by atoms with Crippen molar-refractivity contribution in [2.45, 2.75) is 12.5 Å². The van der Waals surface area contributed by atoms with Crippen molar-refractivity contribution in [1.29, 1.82) is 0 Å². The predicted molar refractivity (Wildman–Crippen MR) is 37.2 cm³/mol. The number of rotatable bonds is 2. The van der Waals surface area contributed by atoms with E-state index in [0.717, 1.165) is 6.42 Å². The summed E-state index contributed by atoms with van der Waals surface area (Å²) < 4.78 is 0. The van der Waals surface area contributed by atoms with Crippen molar-refractivity contribution in [2.75, 3.05) is 13.2 Å². The molecule has 2 N–H and O–H groups in total. The first-order valence-corrected chi connectivity index (χ1v) is 2.99. The summed E-state index contributed by atoms with van der Waals surface area (Å²) in [6, 6.07) is -0.173. The van der Waals surface area contributed by atoms with E-state index in [4.69, 9.17) is 10.3 Å². The van der Waals surface area contributed by atoms with Crippen molar-refractivity contribution >= 4 is 29.6 Å². The molecule has 1 saturated heterocycles. The fraction of sp³-hybridized carbons (Fsp3) is 1.00. The van der Waals surface area contributed by atoms with Gasteiger partial charge in [0.05, 0.1) is 18.1 Å². The second kappa shape index (κ2) is 4.76. The molecule has 0 aromatic heterocycles. The second-order valence-corrected chi connectivity index (χ2v) is 2.13. The molecule has 0 aromatic rings. The van der Waals surface area contributed by atoms with Gasteiger partial charge in [0.2, 0.25) is 5.28 Å². The monoisotopic (exact) mass is 171 g/mol. The van der Waals surface area contributed by atoms with Gasteiger partial charge in [-0.05, 0) is 6.42 Å². The summed E-state index contributed by atoms with van der Waals surface area (Å²) in [5.41, 5.74) is 0. The van der Waals surface area contributed by atoms with E-state index in [1.54, 1.807) is 0 Å². The van der Waals surface area contributed by atoms with Crippen molar-refractivity contribution in [1.82, 2.24) is 5.01 Å². The van der Waals surface area contributed by atoms with Gasteiger partial charge in [0.25, 0.3) is 0 Å². The minimum atomic E-state index is -0.173. The van der Waals surface area contributed by atoms with Gasteiger partial charge in [-0.3, -0.25) is 0 Å². The first-order chi connectivity index (χ1) is 4.79. The number of aliphatic hydroxyl groups is 1. The van der Waals surface area contributed by atoms with Crippen molar-refractivity contribution in [3.8, 4) is 0 Å². The molecule has 1 heterocycles. The third kappa shape index (κ3) is 2.19. The van der Waals surface area contributed by atoms with Gasteiger partial charge in [0.15, 0.2) is 0 Å². The van der Waals surface area contributed by atoms with E-state index in [1.807, 2.05) is 0 Å². The zero-order chi connectivity index (χ0) is 7.56. The average molecular weight is 171 g/mol. The van der Waals surface area contributed by atoms with Gasteiger partial charge in [0, 0.05) is 0 Å². The fourth-order valence-electron chi connectivity index (χ4n) is 0.889. The predicted octanol–water partition coefficient (Wildman–Crippen LogP) is -1.33. The Morgan fingerprint density at radius 2 is 2.36 bits per heavy atom. The first kappa shape index (κ1) is 11.0. The molecule has 0 unspecified atom stereocenters. The summed E-state index contributed by atoms with van der Waals surface area (Å²) in [4.78, 5) is 0.0877. The van der Waals surface area contributed by atoms with Crippen LogP contribution in [0.5, 0.6) is 0 Å². The van der Waals surface area contributed by atoms with Crippen LogP contribution in [0.1, 0.15) is 6.42 Å². The zero-order valence-corrected chi connectivity index (χ0v) is 5.34. The van der Waals surface area contributed by atoms with Crippen LogP contribution in [0, 0.1) is 5.21 Å². The van der Waals surface area contributed by atoms with Crippen LogP contribution in [-0.4, -0.2) is 69.0 Å². The van der Waals surface area contributed by atoms with Gasteiger partial charge in [-0.15, -0.1) is 5.01 Å². The molecule has 1 fully saturated rings. The van der Waals surface area contributed by atoms with Gasteiger partial charge in [-0.1, -0.05) is 0 Å². The Labute approximate surface area is 85.9 Å². The second-order valence-electron chi connectivity index (χ2n) is 2.13. The molecule has 6 nitrogen and oxygen atoms in total. The molecule has 0 radical (unpaired) electrons. The van der Waals surface area contributed by atoms with Crippen molar-refractivity contribution in [3.63, 3.8) is 0 Å². The molecule has 0 amide bonds. The number of hydrazine groups is 1. The van der Waals surface area contributed by atoms with E-state index >= 15 is 0 Å². The Bertz CT molecular complexity index is 152. The van der Waals surface area contributed by atoms with Crippen LogP contribution in [0.2, 0.25) is 0 Å². The molecule has 0 spiro atoms. The Hall–Kier alpha value is -0.0400.